The van der Waals surface area contributed by atoms with Crippen molar-refractivity contribution >= 4 is 11.8 Å². The molecule has 6 nitrogen and oxygen atoms in total. The van der Waals surface area contributed by atoms with Gasteiger partial charge in [-0.25, -0.2) is 0 Å². The van der Waals surface area contributed by atoms with Crippen molar-refractivity contribution in [1.29, 1.82) is 0 Å². The predicted octanol–water partition coefficient (Wildman–Crippen LogP) is 0.854. The quantitative estimate of drug-likeness (QED) is 0.753. The van der Waals surface area contributed by atoms with Gasteiger partial charge in [-0.3, -0.25) is 4.79 Å². The van der Waals surface area contributed by atoms with E-state index in [-0.39, 0.29) is 11.9 Å². The van der Waals surface area contributed by atoms with Crippen molar-refractivity contribution < 1.29 is 9.53 Å². The van der Waals surface area contributed by atoms with Gasteiger partial charge < -0.3 is 14.5 Å². The number of esters is 1. The van der Waals surface area contributed by atoms with Crippen molar-refractivity contribution in [2.45, 2.75) is 25.8 Å². The lowest BCUT2D eigenvalue weighted by Gasteiger charge is -2.32. The number of carbonyl (C=O) groups excluding carboxylic acids is 1. The van der Waals surface area contributed by atoms with Gasteiger partial charge in [0.15, 0.2) is 5.82 Å². The van der Waals surface area contributed by atoms with Crippen LogP contribution < -0.4 is 4.90 Å². The number of piperidine rings is 1. The van der Waals surface area contributed by atoms with Gasteiger partial charge in [-0.2, -0.15) is 5.10 Å². The summed E-state index contributed by atoms with van der Waals surface area (Å²) in [6.07, 6.45) is 2.63. The topological polar surface area (TPSA) is 58.6 Å². The van der Waals surface area contributed by atoms with Crippen LogP contribution in [-0.4, -0.2) is 54.9 Å². The summed E-state index contributed by atoms with van der Waals surface area (Å²) in [5, 5.41) is 8.76. The molecule has 6 heteroatoms. The summed E-state index contributed by atoms with van der Waals surface area (Å²) in [6, 6.07) is 2.16. The zero-order valence-corrected chi connectivity index (χ0v) is 12.7. The Hall–Kier alpha value is -1.69. The van der Waals surface area contributed by atoms with E-state index in [4.69, 9.17) is 4.74 Å². The summed E-state index contributed by atoms with van der Waals surface area (Å²) >= 11 is 0. The summed E-state index contributed by atoms with van der Waals surface area (Å²) in [4.78, 5) is 16.1. The number of likely N-dealkylation sites (N-methyl/N-ethyl adjacent to an activating group) is 1. The monoisotopic (exact) mass is 290 g/mol. The molecule has 0 spiro atoms. The molecule has 1 aromatic rings. The number of anilines is 1. The largest absolute Gasteiger partial charge is 0.469 e. The molecule has 0 N–H and O–H groups in total. The number of hydrogen-bond donors (Lipinski definition) is 0. The summed E-state index contributed by atoms with van der Waals surface area (Å²) < 4.78 is 4.83. The number of fused-ring (bicyclic) bond motifs is 1. The highest BCUT2D eigenvalue weighted by Crippen LogP contribution is 2.25. The Balaban J connectivity index is 1.68. The maximum absolute atomic E-state index is 11.6. The fourth-order valence-corrected chi connectivity index (χ4v) is 3.12. The van der Waals surface area contributed by atoms with Crippen LogP contribution in [0.4, 0.5) is 5.82 Å². The molecule has 0 amide bonds. The Morgan fingerprint density at radius 1 is 1.29 bits per heavy atom. The van der Waals surface area contributed by atoms with E-state index in [2.05, 4.69) is 33.1 Å². The molecule has 114 valence electrons. The lowest BCUT2D eigenvalue weighted by Crippen LogP contribution is -2.37. The Labute approximate surface area is 125 Å². The van der Waals surface area contributed by atoms with Crippen molar-refractivity contribution in [3.8, 4) is 0 Å². The van der Waals surface area contributed by atoms with Crippen molar-refractivity contribution in [2.24, 2.45) is 5.92 Å². The van der Waals surface area contributed by atoms with Crippen LogP contribution in [0.25, 0.3) is 0 Å². The highest BCUT2D eigenvalue weighted by atomic mass is 16.5. The molecule has 1 saturated heterocycles. The second-order valence-electron chi connectivity index (χ2n) is 5.95. The van der Waals surface area contributed by atoms with Crippen LogP contribution in [0, 0.1) is 5.92 Å². The number of aromatic nitrogens is 2. The average Bonchev–Trinajstić information content (AvgIpc) is 2.53. The van der Waals surface area contributed by atoms with Gasteiger partial charge in [0.2, 0.25) is 0 Å². The van der Waals surface area contributed by atoms with Gasteiger partial charge in [0.1, 0.15) is 0 Å². The molecule has 0 aromatic carbocycles. The van der Waals surface area contributed by atoms with E-state index >= 15 is 0 Å². The molecule has 0 unspecified atom stereocenters. The van der Waals surface area contributed by atoms with Crippen LogP contribution in [0.3, 0.4) is 0 Å². The van der Waals surface area contributed by atoms with Crippen LogP contribution in [0.15, 0.2) is 6.07 Å². The minimum atomic E-state index is -0.0900. The number of rotatable bonds is 2. The zero-order valence-electron chi connectivity index (χ0n) is 12.7. The molecule has 0 aliphatic carbocycles. The van der Waals surface area contributed by atoms with Crippen molar-refractivity contribution in [3.63, 3.8) is 0 Å². The maximum Gasteiger partial charge on any atom is 0.308 e. The van der Waals surface area contributed by atoms with E-state index in [0.717, 1.165) is 57.0 Å². The first-order valence-electron chi connectivity index (χ1n) is 7.54. The number of hydrogen-bond acceptors (Lipinski definition) is 6. The maximum atomic E-state index is 11.6. The molecular weight excluding hydrogens is 268 g/mol. The second kappa shape index (κ2) is 5.97. The Bertz CT molecular complexity index is 526. The van der Waals surface area contributed by atoms with Gasteiger partial charge in [0.25, 0.3) is 0 Å². The lowest BCUT2D eigenvalue weighted by molar-refractivity contribution is -0.146. The molecule has 0 saturated carbocycles. The van der Waals surface area contributed by atoms with E-state index in [0.29, 0.717) is 0 Å². The first-order valence-corrected chi connectivity index (χ1v) is 7.54. The molecule has 1 aromatic heterocycles. The molecule has 21 heavy (non-hydrogen) atoms. The number of ether oxygens (including phenoxy) is 1. The molecular formula is C15H22N4O2. The van der Waals surface area contributed by atoms with Gasteiger partial charge in [-0.1, -0.05) is 0 Å². The summed E-state index contributed by atoms with van der Waals surface area (Å²) in [6.45, 7) is 3.66. The highest BCUT2D eigenvalue weighted by molar-refractivity contribution is 5.72. The molecule has 2 aliphatic heterocycles. The van der Waals surface area contributed by atoms with Gasteiger partial charge in [-0.15, -0.1) is 5.10 Å². The van der Waals surface area contributed by atoms with E-state index in [1.165, 1.54) is 12.7 Å². The number of nitrogens with zero attached hydrogens (tertiary/aromatic N) is 4. The molecule has 0 atom stereocenters. The molecule has 3 rings (SSSR count). The third-order valence-corrected chi connectivity index (χ3v) is 4.47. The van der Waals surface area contributed by atoms with Crippen LogP contribution in [0.2, 0.25) is 0 Å². The zero-order chi connectivity index (χ0) is 14.8. The fraction of sp³-hybridized carbons (Fsp3) is 0.667. The van der Waals surface area contributed by atoms with Gasteiger partial charge in [-0.05, 0) is 31.5 Å². The minimum Gasteiger partial charge on any atom is -0.469 e. The molecule has 1 fully saturated rings. The van der Waals surface area contributed by atoms with Crippen LogP contribution in [0.5, 0.6) is 0 Å². The van der Waals surface area contributed by atoms with Gasteiger partial charge in [0.05, 0.1) is 18.7 Å². The van der Waals surface area contributed by atoms with Gasteiger partial charge in [0, 0.05) is 32.6 Å². The molecule has 3 heterocycles. The first kappa shape index (κ1) is 14.3. The third-order valence-electron chi connectivity index (χ3n) is 4.47. The van der Waals surface area contributed by atoms with Crippen LogP contribution in [-0.2, 0) is 22.5 Å². The van der Waals surface area contributed by atoms with E-state index in [1.807, 2.05) is 0 Å². The summed E-state index contributed by atoms with van der Waals surface area (Å²) in [5.41, 5.74) is 2.41. The van der Waals surface area contributed by atoms with Crippen LogP contribution >= 0.6 is 0 Å². The highest BCUT2D eigenvalue weighted by Gasteiger charge is 2.27. The van der Waals surface area contributed by atoms with Gasteiger partial charge >= 0.3 is 5.97 Å². The smallest absolute Gasteiger partial charge is 0.308 e. The first-order chi connectivity index (χ1) is 10.2. The Kier molecular flexibility index (Phi) is 4.05. The standard InChI is InChI=1S/C15H22N4O2/c1-18-6-5-13-12(10-18)9-14(17-16-13)19-7-3-11(4-8-19)15(20)21-2/h9,11H,3-8,10H2,1-2H3. The second-order valence-corrected chi connectivity index (χ2v) is 5.95. The Morgan fingerprint density at radius 3 is 2.76 bits per heavy atom. The predicted molar refractivity (Wildman–Crippen MR) is 79.0 cm³/mol. The minimum absolute atomic E-state index is 0.0305. The fourth-order valence-electron chi connectivity index (χ4n) is 3.12. The summed E-state index contributed by atoms with van der Waals surface area (Å²) in [5.74, 6) is 0.878. The van der Waals surface area contributed by atoms with Crippen LogP contribution in [0.1, 0.15) is 24.1 Å². The normalized spacial score (nSPS) is 20.2. The average molecular weight is 290 g/mol. The van der Waals surface area contributed by atoms with Crippen molar-refractivity contribution in [3.05, 3.63) is 17.3 Å². The van der Waals surface area contributed by atoms with E-state index in [1.54, 1.807) is 0 Å². The third kappa shape index (κ3) is 3.00. The molecule has 2 aliphatic rings. The SMILES string of the molecule is COC(=O)C1CCN(c2cc3c(nn2)CCN(C)C3)CC1. The van der Waals surface area contributed by atoms with Crippen molar-refractivity contribution in [2.75, 3.05) is 38.7 Å². The number of methoxy groups -OCH3 is 1. The number of carbonyl (C=O) groups is 1. The van der Waals surface area contributed by atoms with E-state index in [9.17, 15) is 4.79 Å². The summed E-state index contributed by atoms with van der Waals surface area (Å²) in [7, 11) is 3.59. The lowest BCUT2D eigenvalue weighted by atomic mass is 9.97. The Morgan fingerprint density at radius 2 is 2.05 bits per heavy atom. The molecule has 0 radical (unpaired) electrons. The molecule has 0 bridgehead atoms. The van der Waals surface area contributed by atoms with Crippen molar-refractivity contribution in [1.82, 2.24) is 15.1 Å². The van der Waals surface area contributed by atoms with E-state index < -0.39 is 0 Å².